The lowest BCUT2D eigenvalue weighted by atomic mass is 9.90. The summed E-state index contributed by atoms with van der Waals surface area (Å²) in [5.41, 5.74) is 0. The average Bonchev–Trinajstić information content (AvgIpc) is 2.23. The number of hydrogen-bond acceptors (Lipinski definition) is 3. The second-order valence-electron chi connectivity index (χ2n) is 4.70. The van der Waals surface area contributed by atoms with Gasteiger partial charge in [-0.15, -0.1) is 11.6 Å². The molecular weight excluding hydrogens is 228 g/mol. The van der Waals surface area contributed by atoms with Crippen LogP contribution in [0.25, 0.3) is 0 Å². The van der Waals surface area contributed by atoms with Crippen molar-refractivity contribution in [3.05, 3.63) is 0 Å². The van der Waals surface area contributed by atoms with Gasteiger partial charge in [0.05, 0.1) is 30.8 Å². The molecule has 16 heavy (non-hydrogen) atoms. The van der Waals surface area contributed by atoms with E-state index in [2.05, 4.69) is 20.8 Å². The van der Waals surface area contributed by atoms with Crippen LogP contribution in [0, 0.1) is 5.92 Å². The van der Waals surface area contributed by atoms with E-state index in [0.29, 0.717) is 19.1 Å². The first-order valence-electron chi connectivity index (χ1n) is 5.96. The van der Waals surface area contributed by atoms with Crippen molar-refractivity contribution in [3.63, 3.8) is 0 Å². The van der Waals surface area contributed by atoms with Crippen molar-refractivity contribution in [3.8, 4) is 0 Å². The van der Waals surface area contributed by atoms with Crippen molar-refractivity contribution in [1.29, 1.82) is 0 Å². The average molecular weight is 251 g/mol. The number of alkyl halides is 1. The highest BCUT2D eigenvalue weighted by molar-refractivity contribution is 6.21. The fourth-order valence-corrected chi connectivity index (χ4v) is 1.98. The van der Waals surface area contributed by atoms with Crippen LogP contribution in [0.3, 0.4) is 0 Å². The van der Waals surface area contributed by atoms with E-state index in [-0.39, 0.29) is 23.7 Å². The summed E-state index contributed by atoms with van der Waals surface area (Å²) in [6.07, 6.45) is 1.31. The number of ether oxygens (including phenoxy) is 3. The molecule has 0 saturated heterocycles. The Bertz CT molecular complexity index is 199. The molecule has 1 aliphatic carbocycles. The van der Waals surface area contributed by atoms with Crippen LogP contribution < -0.4 is 0 Å². The zero-order valence-electron chi connectivity index (χ0n) is 10.6. The maximum atomic E-state index is 6.11. The van der Waals surface area contributed by atoms with Crippen LogP contribution in [0.2, 0.25) is 0 Å². The van der Waals surface area contributed by atoms with E-state index < -0.39 is 0 Å². The number of halogens is 1. The summed E-state index contributed by atoms with van der Waals surface area (Å²) in [4.78, 5) is 0. The van der Waals surface area contributed by atoms with Gasteiger partial charge in [-0.3, -0.25) is 0 Å². The zero-order chi connectivity index (χ0) is 12.1. The van der Waals surface area contributed by atoms with Crippen molar-refractivity contribution in [2.75, 3.05) is 20.3 Å². The summed E-state index contributed by atoms with van der Waals surface area (Å²) in [5.74, 6) is 0.522. The van der Waals surface area contributed by atoms with Gasteiger partial charge in [-0.2, -0.15) is 0 Å². The van der Waals surface area contributed by atoms with Gasteiger partial charge in [0.15, 0.2) is 0 Å². The van der Waals surface area contributed by atoms with Crippen LogP contribution in [0.15, 0.2) is 0 Å². The summed E-state index contributed by atoms with van der Waals surface area (Å²) in [5, 5.41) is 0.0845. The molecular formula is C12H23ClO3. The van der Waals surface area contributed by atoms with Crippen LogP contribution in [-0.4, -0.2) is 44.0 Å². The van der Waals surface area contributed by atoms with Crippen LogP contribution in [0.1, 0.15) is 27.2 Å². The molecule has 0 heterocycles. The first kappa shape index (κ1) is 14.2. The van der Waals surface area contributed by atoms with E-state index in [0.717, 1.165) is 6.42 Å². The van der Waals surface area contributed by atoms with E-state index in [1.807, 2.05) is 0 Å². The molecule has 0 aromatic carbocycles. The topological polar surface area (TPSA) is 27.7 Å². The Hall–Kier alpha value is 0.170. The third-order valence-corrected chi connectivity index (χ3v) is 3.53. The molecule has 4 atom stereocenters. The van der Waals surface area contributed by atoms with Gasteiger partial charge in [0.2, 0.25) is 0 Å². The minimum absolute atomic E-state index is 0.0259. The fourth-order valence-electron chi connectivity index (χ4n) is 1.57. The van der Waals surface area contributed by atoms with Crippen LogP contribution in [0.4, 0.5) is 0 Å². The molecule has 4 heteroatoms. The van der Waals surface area contributed by atoms with Crippen LogP contribution in [0.5, 0.6) is 0 Å². The van der Waals surface area contributed by atoms with E-state index in [9.17, 15) is 0 Å². The van der Waals surface area contributed by atoms with Gasteiger partial charge in [0.25, 0.3) is 0 Å². The van der Waals surface area contributed by atoms with Crippen molar-refractivity contribution in [2.24, 2.45) is 5.92 Å². The maximum absolute atomic E-state index is 6.11. The highest BCUT2D eigenvalue weighted by Gasteiger charge is 2.42. The molecule has 1 saturated carbocycles. The van der Waals surface area contributed by atoms with Crippen molar-refractivity contribution in [2.45, 2.75) is 50.9 Å². The summed E-state index contributed by atoms with van der Waals surface area (Å²) in [7, 11) is 1.66. The number of hydrogen-bond donors (Lipinski definition) is 0. The Morgan fingerprint density at radius 3 is 2.44 bits per heavy atom. The summed E-state index contributed by atoms with van der Waals surface area (Å²) < 4.78 is 16.5. The minimum atomic E-state index is 0.0259. The smallest absolute Gasteiger partial charge is 0.100 e. The lowest BCUT2D eigenvalue weighted by Gasteiger charge is -2.42. The third-order valence-electron chi connectivity index (χ3n) is 3.11. The van der Waals surface area contributed by atoms with Gasteiger partial charge in [0, 0.05) is 7.11 Å². The second-order valence-corrected chi connectivity index (χ2v) is 5.26. The molecule has 0 aromatic rings. The molecule has 3 nitrogen and oxygen atoms in total. The van der Waals surface area contributed by atoms with Gasteiger partial charge in [-0.1, -0.05) is 13.8 Å². The van der Waals surface area contributed by atoms with Gasteiger partial charge in [-0.25, -0.2) is 0 Å². The predicted molar refractivity (Wildman–Crippen MR) is 65.0 cm³/mol. The molecule has 0 spiro atoms. The Labute approximate surface area is 103 Å². The van der Waals surface area contributed by atoms with E-state index in [4.69, 9.17) is 25.8 Å². The summed E-state index contributed by atoms with van der Waals surface area (Å²) in [6.45, 7) is 7.59. The SMILES string of the molecule is COCCOC1C(Cl)CC1OC(C)C(C)C. The van der Waals surface area contributed by atoms with Gasteiger partial charge in [0.1, 0.15) is 6.10 Å². The molecule has 0 N–H and O–H groups in total. The van der Waals surface area contributed by atoms with Crippen molar-refractivity contribution >= 4 is 11.6 Å². The molecule has 96 valence electrons. The van der Waals surface area contributed by atoms with Gasteiger partial charge in [-0.05, 0) is 19.3 Å². The van der Waals surface area contributed by atoms with Crippen LogP contribution >= 0.6 is 11.6 Å². The number of methoxy groups -OCH3 is 1. The first-order chi connectivity index (χ1) is 7.56. The Balaban J connectivity index is 2.26. The van der Waals surface area contributed by atoms with Crippen molar-refractivity contribution < 1.29 is 14.2 Å². The normalized spacial score (nSPS) is 31.5. The maximum Gasteiger partial charge on any atom is 0.100 e. The van der Waals surface area contributed by atoms with Gasteiger partial charge < -0.3 is 14.2 Å². The Kier molecular flexibility index (Phi) is 6.05. The highest BCUT2D eigenvalue weighted by atomic mass is 35.5. The highest BCUT2D eigenvalue weighted by Crippen LogP contribution is 2.33. The molecule has 0 amide bonds. The summed E-state index contributed by atoms with van der Waals surface area (Å²) >= 11 is 6.11. The van der Waals surface area contributed by atoms with E-state index in [1.54, 1.807) is 7.11 Å². The fraction of sp³-hybridized carbons (Fsp3) is 1.00. The third kappa shape index (κ3) is 3.88. The molecule has 1 rings (SSSR count). The molecule has 0 radical (unpaired) electrons. The summed E-state index contributed by atoms with van der Waals surface area (Å²) in [6, 6.07) is 0. The molecule has 0 aromatic heterocycles. The molecule has 1 fully saturated rings. The minimum Gasteiger partial charge on any atom is -0.382 e. The van der Waals surface area contributed by atoms with Gasteiger partial charge >= 0.3 is 0 Å². The lowest BCUT2D eigenvalue weighted by molar-refractivity contribution is -0.156. The Morgan fingerprint density at radius 2 is 1.94 bits per heavy atom. The molecule has 4 unspecified atom stereocenters. The van der Waals surface area contributed by atoms with Crippen molar-refractivity contribution in [1.82, 2.24) is 0 Å². The first-order valence-corrected chi connectivity index (χ1v) is 6.40. The number of rotatable bonds is 7. The predicted octanol–water partition coefficient (Wildman–Crippen LogP) is 2.46. The quantitative estimate of drug-likeness (QED) is 0.513. The molecule has 0 bridgehead atoms. The monoisotopic (exact) mass is 250 g/mol. The van der Waals surface area contributed by atoms with E-state index in [1.165, 1.54) is 0 Å². The van der Waals surface area contributed by atoms with Crippen LogP contribution in [-0.2, 0) is 14.2 Å². The Morgan fingerprint density at radius 1 is 1.25 bits per heavy atom. The lowest BCUT2D eigenvalue weighted by Crippen LogP contribution is -2.52. The standard InChI is InChI=1S/C12H23ClO3/c1-8(2)9(3)16-11-7-10(13)12(11)15-6-5-14-4/h8-12H,5-7H2,1-4H3. The van der Waals surface area contributed by atoms with E-state index >= 15 is 0 Å². The largest absolute Gasteiger partial charge is 0.382 e. The molecule has 0 aliphatic heterocycles. The second kappa shape index (κ2) is 6.80. The zero-order valence-corrected chi connectivity index (χ0v) is 11.4. The molecule has 1 aliphatic rings.